The number of benzene rings is 2. The molecule has 202 valence electrons. The molecule has 2 aliphatic carbocycles. The lowest BCUT2D eigenvalue weighted by Gasteiger charge is -2.39. The van der Waals surface area contributed by atoms with E-state index in [1.54, 1.807) is 0 Å². The predicted octanol–water partition coefficient (Wildman–Crippen LogP) is 5.15. The van der Waals surface area contributed by atoms with Gasteiger partial charge in [0.1, 0.15) is 5.60 Å². The highest BCUT2D eigenvalue weighted by atomic mass is 35.5. The van der Waals surface area contributed by atoms with Gasteiger partial charge in [0.25, 0.3) is 11.5 Å². The number of aromatic amines is 1. The van der Waals surface area contributed by atoms with Crippen LogP contribution in [0.5, 0.6) is 0 Å². The number of nitrogens with zero attached hydrogens (tertiary/aromatic N) is 4. The van der Waals surface area contributed by atoms with Crippen molar-refractivity contribution in [1.29, 1.82) is 0 Å². The van der Waals surface area contributed by atoms with Crippen molar-refractivity contribution in [1.82, 2.24) is 24.5 Å². The highest BCUT2D eigenvalue weighted by Crippen LogP contribution is 2.51. The Balaban J connectivity index is 1.21. The number of carbonyl (C=O) groups excluding carboxylic acids is 1. The Bertz CT molecular complexity index is 1550. The van der Waals surface area contributed by atoms with Crippen LogP contribution < -0.4 is 5.56 Å². The minimum Gasteiger partial charge on any atom is -0.359 e. The zero-order chi connectivity index (χ0) is 27.0. The summed E-state index contributed by atoms with van der Waals surface area (Å²) in [5, 5.41) is 5.11. The third-order valence-corrected chi connectivity index (χ3v) is 8.49. The molecule has 0 saturated heterocycles. The molecule has 0 radical (unpaired) electrons. The van der Waals surface area contributed by atoms with Crippen LogP contribution >= 0.6 is 11.6 Å². The van der Waals surface area contributed by atoms with Gasteiger partial charge in [0.2, 0.25) is 5.78 Å². The molecule has 1 N–H and O–H groups in total. The fourth-order valence-electron chi connectivity index (χ4n) is 5.91. The molecule has 1 amide bonds. The van der Waals surface area contributed by atoms with Gasteiger partial charge in [-0.3, -0.25) is 9.59 Å². The van der Waals surface area contributed by atoms with Gasteiger partial charge in [0.05, 0.1) is 6.61 Å². The highest BCUT2D eigenvalue weighted by molar-refractivity contribution is 6.31. The van der Waals surface area contributed by atoms with E-state index in [2.05, 4.69) is 21.1 Å². The molecule has 0 spiro atoms. The summed E-state index contributed by atoms with van der Waals surface area (Å²) in [6.07, 6.45) is 6.26. The van der Waals surface area contributed by atoms with Crippen molar-refractivity contribution in [3.8, 4) is 11.4 Å². The van der Waals surface area contributed by atoms with E-state index in [0.717, 1.165) is 48.3 Å². The quantitative estimate of drug-likeness (QED) is 0.330. The average molecular weight is 546 g/mol. The number of H-pyrrole nitrogens is 1. The highest BCUT2D eigenvalue weighted by Gasteiger charge is 2.49. The molecule has 4 aromatic rings. The maximum atomic E-state index is 14.0. The summed E-state index contributed by atoms with van der Waals surface area (Å²) in [7, 11) is 1.87. The molecule has 0 atom stereocenters. The van der Waals surface area contributed by atoms with Crippen molar-refractivity contribution in [3.63, 3.8) is 0 Å². The van der Waals surface area contributed by atoms with E-state index in [-0.39, 0.29) is 23.5 Å². The third-order valence-electron chi connectivity index (χ3n) is 8.16. The molecular weight excluding hydrogens is 514 g/mol. The Kier molecular flexibility index (Phi) is 6.77. The number of nitrogens with one attached hydrogen (secondary N) is 1. The van der Waals surface area contributed by atoms with Crippen molar-refractivity contribution in [2.45, 2.75) is 62.6 Å². The van der Waals surface area contributed by atoms with Gasteiger partial charge in [0, 0.05) is 41.4 Å². The van der Waals surface area contributed by atoms with Crippen molar-refractivity contribution in [2.75, 3.05) is 13.6 Å². The Labute approximate surface area is 232 Å². The van der Waals surface area contributed by atoms with Crippen LogP contribution in [0.15, 0.2) is 65.5 Å². The van der Waals surface area contributed by atoms with E-state index >= 15 is 0 Å². The molecule has 2 heterocycles. The smallest absolute Gasteiger partial charge is 0.275 e. The first-order valence-corrected chi connectivity index (χ1v) is 14.0. The van der Waals surface area contributed by atoms with Gasteiger partial charge in [0.15, 0.2) is 5.82 Å². The van der Waals surface area contributed by atoms with Gasteiger partial charge >= 0.3 is 0 Å². The number of ether oxygens (including phenoxy) is 1. The van der Waals surface area contributed by atoms with Gasteiger partial charge in [-0.15, -0.1) is 5.10 Å². The Morgan fingerprint density at radius 2 is 1.77 bits per heavy atom. The summed E-state index contributed by atoms with van der Waals surface area (Å²) in [5.41, 5.74) is 1.18. The molecule has 2 aromatic heterocycles. The number of hydrogen-bond donors (Lipinski definition) is 1. The minimum absolute atomic E-state index is 0.00204. The van der Waals surface area contributed by atoms with Gasteiger partial charge in [-0.05, 0) is 37.3 Å². The first-order valence-electron chi connectivity index (χ1n) is 13.6. The second-order valence-corrected chi connectivity index (χ2v) is 11.3. The standard InChI is InChI=1S/C30H32ClN5O3/c1-35(20-29(16-17-29)23-12-6-7-13-24(23)31)27(38)30(14-8-3-9-15-30)39-19-22-18-25(37)36-28(32-22)33-26(34-36)21-10-4-2-5-11-21/h2,4-7,10-13,18H,3,8-9,14-17,19-20H2,1H3,(H,32,33,34). The molecule has 0 aliphatic heterocycles. The monoisotopic (exact) mass is 545 g/mol. The van der Waals surface area contributed by atoms with E-state index in [0.29, 0.717) is 36.7 Å². The molecule has 2 fully saturated rings. The lowest BCUT2D eigenvalue weighted by molar-refractivity contribution is -0.165. The number of aromatic nitrogens is 4. The van der Waals surface area contributed by atoms with E-state index < -0.39 is 5.60 Å². The van der Waals surface area contributed by atoms with E-state index in [9.17, 15) is 9.59 Å². The van der Waals surface area contributed by atoms with Crippen LogP contribution in [0.4, 0.5) is 0 Å². The maximum absolute atomic E-state index is 14.0. The summed E-state index contributed by atoms with van der Waals surface area (Å²) < 4.78 is 7.71. The Morgan fingerprint density at radius 1 is 1.05 bits per heavy atom. The fraction of sp³-hybridized carbons (Fsp3) is 0.400. The zero-order valence-corrected chi connectivity index (χ0v) is 22.8. The molecule has 9 heteroatoms. The van der Waals surface area contributed by atoms with Gasteiger partial charge in [-0.25, -0.2) is 0 Å². The van der Waals surface area contributed by atoms with Gasteiger partial charge in [-0.1, -0.05) is 79.4 Å². The molecule has 39 heavy (non-hydrogen) atoms. The lowest BCUT2D eigenvalue weighted by Crippen LogP contribution is -2.52. The molecule has 6 rings (SSSR count). The summed E-state index contributed by atoms with van der Waals surface area (Å²) in [6, 6.07) is 18.9. The third kappa shape index (κ3) is 4.99. The Morgan fingerprint density at radius 3 is 2.49 bits per heavy atom. The van der Waals surface area contributed by atoms with Crippen molar-refractivity contribution < 1.29 is 9.53 Å². The summed E-state index contributed by atoms with van der Waals surface area (Å²) in [5.74, 6) is 0.810. The van der Waals surface area contributed by atoms with Crippen molar-refractivity contribution in [2.24, 2.45) is 0 Å². The van der Waals surface area contributed by atoms with Crippen molar-refractivity contribution in [3.05, 3.63) is 87.3 Å². The largest absolute Gasteiger partial charge is 0.359 e. The number of carbonyl (C=O) groups is 1. The van der Waals surface area contributed by atoms with Crippen LogP contribution in [-0.4, -0.2) is 49.6 Å². The Hall–Kier alpha value is -3.49. The normalized spacial score (nSPS) is 17.7. The maximum Gasteiger partial charge on any atom is 0.275 e. The first kappa shape index (κ1) is 25.8. The average Bonchev–Trinajstić information content (AvgIpc) is 3.60. The second kappa shape index (κ2) is 10.2. The van der Waals surface area contributed by atoms with E-state index in [4.69, 9.17) is 16.3 Å². The lowest BCUT2D eigenvalue weighted by atomic mass is 9.83. The van der Waals surface area contributed by atoms with Crippen LogP contribution in [0.25, 0.3) is 17.2 Å². The molecule has 0 bridgehead atoms. The van der Waals surface area contributed by atoms with E-state index in [1.807, 2.05) is 60.5 Å². The molecule has 2 saturated carbocycles. The molecule has 2 aliphatic rings. The number of halogens is 1. The topological polar surface area (TPSA) is 92.6 Å². The first-order chi connectivity index (χ1) is 18.9. The molecule has 8 nitrogen and oxygen atoms in total. The fourth-order valence-corrected chi connectivity index (χ4v) is 6.25. The second-order valence-electron chi connectivity index (χ2n) is 10.9. The molecule has 0 unspecified atom stereocenters. The van der Waals surface area contributed by atoms with Crippen LogP contribution in [0.1, 0.15) is 56.2 Å². The van der Waals surface area contributed by atoms with Gasteiger partial charge < -0.3 is 14.6 Å². The summed E-state index contributed by atoms with van der Waals surface area (Å²) in [4.78, 5) is 36.3. The van der Waals surface area contributed by atoms with Crippen molar-refractivity contribution >= 4 is 23.3 Å². The number of amides is 1. The zero-order valence-electron chi connectivity index (χ0n) is 22.0. The number of likely N-dealkylation sites (N-methyl/N-ethyl adjacent to an activating group) is 1. The SMILES string of the molecule is CN(CC1(c2ccccc2Cl)CC1)C(=O)C1(OCc2cc(=O)n3nc(-c4ccccc4)nc3[nH]2)CCCCC1. The van der Waals surface area contributed by atoms with E-state index in [1.165, 1.54) is 10.6 Å². The molecule has 2 aromatic carbocycles. The van der Waals surface area contributed by atoms with Crippen LogP contribution in [-0.2, 0) is 21.6 Å². The number of fused-ring (bicyclic) bond motifs is 1. The molecular formula is C30H32ClN5O3. The number of hydrogen-bond acceptors (Lipinski definition) is 5. The summed E-state index contributed by atoms with van der Waals surface area (Å²) >= 11 is 6.53. The number of rotatable bonds is 8. The van der Waals surface area contributed by atoms with Crippen LogP contribution in [0.3, 0.4) is 0 Å². The summed E-state index contributed by atoms with van der Waals surface area (Å²) in [6.45, 7) is 0.708. The predicted molar refractivity (Wildman–Crippen MR) is 150 cm³/mol. The minimum atomic E-state index is -0.921. The van der Waals surface area contributed by atoms with Crippen LogP contribution in [0.2, 0.25) is 5.02 Å². The van der Waals surface area contributed by atoms with Gasteiger partial charge in [-0.2, -0.15) is 9.50 Å². The van der Waals surface area contributed by atoms with Crippen LogP contribution in [0, 0.1) is 0 Å².